The third-order valence-electron chi connectivity index (χ3n) is 5.33. The fourth-order valence-electron chi connectivity index (χ4n) is 3.67. The van der Waals surface area contributed by atoms with Crippen LogP contribution in [0.1, 0.15) is 54.6 Å². The molecule has 7 heteroatoms. The molecule has 1 fully saturated rings. The molecule has 1 saturated heterocycles. The number of halogens is 1. The van der Waals surface area contributed by atoms with Gasteiger partial charge in [0.1, 0.15) is 5.75 Å². The van der Waals surface area contributed by atoms with Crippen LogP contribution in [0.25, 0.3) is 0 Å². The van der Waals surface area contributed by atoms with E-state index in [1.807, 2.05) is 61.2 Å². The highest BCUT2D eigenvalue weighted by Gasteiger charge is 2.17. The van der Waals surface area contributed by atoms with Crippen LogP contribution in [0.2, 0.25) is 0 Å². The Balaban J connectivity index is 0.00000363. The van der Waals surface area contributed by atoms with Gasteiger partial charge >= 0.3 is 0 Å². The Kier molecular flexibility index (Phi) is 11.3. The van der Waals surface area contributed by atoms with Gasteiger partial charge in [-0.15, -0.1) is 24.0 Å². The van der Waals surface area contributed by atoms with Gasteiger partial charge < -0.3 is 20.3 Å². The summed E-state index contributed by atoms with van der Waals surface area (Å²) in [4.78, 5) is 19.3. The third kappa shape index (κ3) is 7.69. The molecule has 174 valence electrons. The van der Waals surface area contributed by atoms with Crippen molar-refractivity contribution in [3.8, 4) is 5.75 Å². The quantitative estimate of drug-likeness (QED) is 0.287. The highest BCUT2D eigenvalue weighted by atomic mass is 127. The van der Waals surface area contributed by atoms with Crippen molar-refractivity contribution >= 4 is 35.8 Å². The third-order valence-corrected chi connectivity index (χ3v) is 5.33. The number of guanidine groups is 1. The van der Waals surface area contributed by atoms with Gasteiger partial charge in [0.2, 0.25) is 0 Å². The molecule has 6 nitrogen and oxygen atoms in total. The number of carbonyl (C=O) groups excluding carboxylic acids is 1. The van der Waals surface area contributed by atoms with Gasteiger partial charge in [-0.05, 0) is 56.9 Å². The zero-order chi connectivity index (χ0) is 21.9. The highest BCUT2D eigenvalue weighted by Crippen LogP contribution is 2.17. The first-order valence-electron chi connectivity index (χ1n) is 11.3. The summed E-state index contributed by atoms with van der Waals surface area (Å²) < 4.78 is 5.70. The molecule has 0 aromatic heterocycles. The lowest BCUT2D eigenvalue weighted by atomic mass is 10.1. The topological polar surface area (TPSA) is 66.0 Å². The fourth-order valence-corrected chi connectivity index (χ4v) is 3.67. The summed E-state index contributed by atoms with van der Waals surface area (Å²) in [5.41, 5.74) is 2.92. The maximum atomic E-state index is 12.6. The number of piperidine rings is 1. The molecule has 3 rings (SSSR count). The minimum Gasteiger partial charge on any atom is -0.494 e. The summed E-state index contributed by atoms with van der Waals surface area (Å²) in [7, 11) is 0. The van der Waals surface area contributed by atoms with Crippen LogP contribution in [-0.4, -0.2) is 43.0 Å². The molecule has 0 unspecified atom stereocenters. The predicted octanol–water partition coefficient (Wildman–Crippen LogP) is 4.58. The lowest BCUT2D eigenvalue weighted by Crippen LogP contribution is -2.36. The Hall–Kier alpha value is -2.29. The summed E-state index contributed by atoms with van der Waals surface area (Å²) >= 11 is 0. The summed E-state index contributed by atoms with van der Waals surface area (Å²) in [6, 6.07) is 15.9. The van der Waals surface area contributed by atoms with Crippen molar-refractivity contribution in [1.82, 2.24) is 15.5 Å². The number of likely N-dealkylation sites (tertiary alicyclic amines) is 1. The van der Waals surface area contributed by atoms with Crippen LogP contribution < -0.4 is 15.4 Å². The minimum absolute atomic E-state index is 0. The second kappa shape index (κ2) is 14.0. The van der Waals surface area contributed by atoms with Crippen molar-refractivity contribution in [1.29, 1.82) is 0 Å². The average molecular weight is 550 g/mol. The summed E-state index contributed by atoms with van der Waals surface area (Å²) in [6.45, 7) is 8.37. The lowest BCUT2D eigenvalue weighted by Gasteiger charge is -2.26. The van der Waals surface area contributed by atoms with Gasteiger partial charge in [-0.3, -0.25) is 4.79 Å². The number of ether oxygens (including phenoxy) is 1. The summed E-state index contributed by atoms with van der Waals surface area (Å²) in [5, 5.41) is 6.66. The molecule has 0 aliphatic carbocycles. The average Bonchev–Trinajstić information content (AvgIpc) is 2.82. The smallest absolute Gasteiger partial charge is 0.253 e. The first-order valence-corrected chi connectivity index (χ1v) is 11.3. The molecule has 1 aliphatic heterocycles. The van der Waals surface area contributed by atoms with E-state index >= 15 is 0 Å². The highest BCUT2D eigenvalue weighted by molar-refractivity contribution is 14.0. The molecular formula is C25H35IN4O2. The monoisotopic (exact) mass is 550 g/mol. The molecule has 2 aromatic carbocycles. The standard InChI is InChI=1S/C25H34N4O2.HI/c1-3-26-25(28-19-22-10-6-7-11-23(22)31-4-2)27-18-20-12-14-21(15-13-20)24(30)29-16-8-5-9-17-29;/h6-7,10-15H,3-5,8-9,16-19H2,1-2H3,(H2,26,27,28);1H. The SMILES string of the molecule is CCNC(=NCc1ccc(C(=O)N2CCCCC2)cc1)NCc1ccccc1OCC.I. The fraction of sp³-hybridized carbons (Fsp3) is 0.440. The van der Waals surface area contributed by atoms with Crippen LogP contribution in [0.4, 0.5) is 0 Å². The van der Waals surface area contributed by atoms with E-state index in [1.54, 1.807) is 0 Å². The molecular weight excluding hydrogens is 515 g/mol. The molecule has 32 heavy (non-hydrogen) atoms. The van der Waals surface area contributed by atoms with Crippen molar-refractivity contribution in [3.05, 3.63) is 65.2 Å². The van der Waals surface area contributed by atoms with Gasteiger partial charge in [-0.2, -0.15) is 0 Å². The summed E-state index contributed by atoms with van der Waals surface area (Å²) in [5.74, 6) is 1.78. The Morgan fingerprint density at radius 3 is 2.41 bits per heavy atom. The van der Waals surface area contributed by atoms with Crippen molar-refractivity contribution in [2.75, 3.05) is 26.2 Å². The number of nitrogens with zero attached hydrogens (tertiary/aromatic N) is 2. The van der Waals surface area contributed by atoms with E-state index < -0.39 is 0 Å². The number of hydrogen-bond donors (Lipinski definition) is 2. The largest absolute Gasteiger partial charge is 0.494 e. The number of amides is 1. The van der Waals surface area contributed by atoms with E-state index in [0.29, 0.717) is 19.7 Å². The van der Waals surface area contributed by atoms with Crippen LogP contribution >= 0.6 is 24.0 Å². The number of aliphatic imine (C=N–C) groups is 1. The maximum Gasteiger partial charge on any atom is 0.253 e. The van der Waals surface area contributed by atoms with Gasteiger partial charge in [-0.25, -0.2) is 4.99 Å². The van der Waals surface area contributed by atoms with Crippen LogP contribution in [0.3, 0.4) is 0 Å². The van der Waals surface area contributed by atoms with Gasteiger partial charge in [0.15, 0.2) is 5.96 Å². The Bertz CT molecular complexity index is 865. The second-order valence-corrected chi connectivity index (χ2v) is 7.64. The van der Waals surface area contributed by atoms with Crippen molar-refractivity contribution in [3.63, 3.8) is 0 Å². The molecule has 0 spiro atoms. The van der Waals surface area contributed by atoms with Gasteiger partial charge in [0.25, 0.3) is 5.91 Å². The minimum atomic E-state index is 0. The predicted molar refractivity (Wildman–Crippen MR) is 141 cm³/mol. The van der Waals surface area contributed by atoms with Crippen LogP contribution in [-0.2, 0) is 13.1 Å². The van der Waals surface area contributed by atoms with E-state index in [2.05, 4.69) is 16.7 Å². The maximum absolute atomic E-state index is 12.6. The summed E-state index contributed by atoms with van der Waals surface area (Å²) in [6.07, 6.45) is 3.43. The second-order valence-electron chi connectivity index (χ2n) is 7.64. The van der Waals surface area contributed by atoms with Crippen LogP contribution in [0, 0.1) is 0 Å². The number of nitrogens with one attached hydrogen (secondary N) is 2. The van der Waals surface area contributed by atoms with E-state index in [1.165, 1.54) is 6.42 Å². The zero-order valence-corrected chi connectivity index (χ0v) is 21.4. The normalized spacial score (nSPS) is 13.8. The first kappa shape index (κ1) is 26.0. The van der Waals surface area contributed by atoms with Crippen molar-refractivity contribution < 1.29 is 9.53 Å². The Labute approximate surface area is 208 Å². The molecule has 0 atom stereocenters. The number of benzene rings is 2. The van der Waals surface area contributed by atoms with Crippen LogP contribution in [0.5, 0.6) is 5.75 Å². The number of hydrogen-bond acceptors (Lipinski definition) is 3. The Morgan fingerprint density at radius 2 is 1.72 bits per heavy atom. The molecule has 0 bridgehead atoms. The van der Waals surface area contributed by atoms with E-state index in [-0.39, 0.29) is 29.9 Å². The van der Waals surface area contributed by atoms with Crippen molar-refractivity contribution in [2.45, 2.75) is 46.2 Å². The molecule has 1 aliphatic rings. The van der Waals surface area contributed by atoms with Crippen LogP contribution in [0.15, 0.2) is 53.5 Å². The molecule has 0 radical (unpaired) electrons. The number of rotatable bonds is 8. The van der Waals surface area contributed by atoms with Crippen molar-refractivity contribution in [2.24, 2.45) is 4.99 Å². The van der Waals surface area contributed by atoms with Gasteiger partial charge in [-0.1, -0.05) is 30.3 Å². The number of para-hydroxylation sites is 1. The Morgan fingerprint density at radius 1 is 1.00 bits per heavy atom. The zero-order valence-electron chi connectivity index (χ0n) is 19.1. The first-order chi connectivity index (χ1) is 15.2. The van der Waals surface area contributed by atoms with E-state index in [0.717, 1.165) is 60.9 Å². The molecule has 0 saturated carbocycles. The lowest BCUT2D eigenvalue weighted by molar-refractivity contribution is 0.0724. The molecule has 2 aromatic rings. The van der Waals surface area contributed by atoms with E-state index in [4.69, 9.17) is 9.73 Å². The van der Waals surface area contributed by atoms with Gasteiger partial charge in [0, 0.05) is 37.3 Å². The molecule has 1 heterocycles. The molecule has 2 N–H and O–H groups in total. The van der Waals surface area contributed by atoms with E-state index in [9.17, 15) is 4.79 Å². The number of carbonyl (C=O) groups is 1. The van der Waals surface area contributed by atoms with Gasteiger partial charge in [0.05, 0.1) is 13.2 Å². The molecule has 1 amide bonds.